The highest BCUT2D eigenvalue weighted by atomic mass is 16.6. The number of hydrogen-bond acceptors (Lipinski definition) is 7. The first-order valence-electron chi connectivity index (χ1n) is 6.97. The number of nitrogens with two attached hydrogens (primary N) is 1. The van der Waals surface area contributed by atoms with Crippen molar-refractivity contribution in [3.63, 3.8) is 0 Å². The molecule has 112 valence electrons. The van der Waals surface area contributed by atoms with Crippen LogP contribution in [-0.2, 0) is 0 Å². The summed E-state index contributed by atoms with van der Waals surface area (Å²) in [6.07, 6.45) is 4.21. The molecule has 8 nitrogen and oxygen atoms in total. The summed E-state index contributed by atoms with van der Waals surface area (Å²) in [6.45, 7) is 0.567. The topological polar surface area (TPSA) is 117 Å². The van der Waals surface area contributed by atoms with E-state index in [1.54, 1.807) is 6.07 Å². The fraction of sp³-hybridized carbons (Fsp3) is 0.538. The van der Waals surface area contributed by atoms with Crippen LogP contribution in [0.15, 0.2) is 16.8 Å². The lowest BCUT2D eigenvalue weighted by Crippen LogP contribution is -2.35. The molecule has 0 saturated heterocycles. The minimum Gasteiger partial charge on any atom is -0.488 e. The molecule has 0 amide bonds. The third-order valence-electron chi connectivity index (χ3n) is 3.97. The number of non-ortho nitro benzene ring substituents is 1. The molecule has 1 aromatic carbocycles. The van der Waals surface area contributed by atoms with Crippen molar-refractivity contribution in [3.05, 3.63) is 22.2 Å². The van der Waals surface area contributed by atoms with Crippen LogP contribution in [0.4, 0.5) is 5.69 Å². The van der Waals surface area contributed by atoms with Crippen LogP contribution in [0.2, 0.25) is 0 Å². The summed E-state index contributed by atoms with van der Waals surface area (Å²) in [6, 6.07) is 2.91. The van der Waals surface area contributed by atoms with E-state index in [1.165, 1.54) is 6.07 Å². The number of nitro groups is 1. The van der Waals surface area contributed by atoms with Crippen LogP contribution in [0.25, 0.3) is 11.0 Å². The number of benzene rings is 1. The van der Waals surface area contributed by atoms with Crippen molar-refractivity contribution in [1.82, 2.24) is 10.3 Å². The smallest absolute Gasteiger partial charge is 0.301 e. The summed E-state index contributed by atoms with van der Waals surface area (Å²) in [5.74, 6) is 0.756. The monoisotopic (exact) mass is 292 g/mol. The lowest BCUT2D eigenvalue weighted by atomic mass is 9.86. The number of rotatable bonds is 4. The Hall–Kier alpha value is -2.22. The third-order valence-corrected chi connectivity index (χ3v) is 3.97. The van der Waals surface area contributed by atoms with Crippen molar-refractivity contribution in [2.75, 3.05) is 6.54 Å². The van der Waals surface area contributed by atoms with Gasteiger partial charge < -0.3 is 10.5 Å². The molecule has 21 heavy (non-hydrogen) atoms. The molecule has 0 spiro atoms. The molecule has 2 aromatic rings. The van der Waals surface area contributed by atoms with Crippen LogP contribution in [0.3, 0.4) is 0 Å². The van der Waals surface area contributed by atoms with Crippen LogP contribution in [0, 0.1) is 16.0 Å². The minimum absolute atomic E-state index is 0.00473. The molecule has 2 unspecified atom stereocenters. The van der Waals surface area contributed by atoms with E-state index in [4.69, 9.17) is 10.5 Å². The second-order valence-corrected chi connectivity index (χ2v) is 5.24. The van der Waals surface area contributed by atoms with Crippen molar-refractivity contribution in [2.45, 2.75) is 31.8 Å². The lowest BCUT2D eigenvalue weighted by Gasteiger charge is -2.30. The summed E-state index contributed by atoms with van der Waals surface area (Å²) in [4.78, 5) is 10.4. The van der Waals surface area contributed by atoms with Gasteiger partial charge in [-0.3, -0.25) is 10.1 Å². The third kappa shape index (κ3) is 2.54. The number of fused-ring (bicyclic) bond motifs is 1. The van der Waals surface area contributed by atoms with Gasteiger partial charge in [-0.15, -0.1) is 0 Å². The number of nitrogens with zero attached hydrogens (tertiary/aromatic N) is 3. The molecule has 2 atom stereocenters. The van der Waals surface area contributed by atoms with Gasteiger partial charge in [0, 0.05) is 12.0 Å². The fourth-order valence-corrected chi connectivity index (χ4v) is 2.83. The van der Waals surface area contributed by atoms with E-state index in [0.29, 0.717) is 18.2 Å². The number of aromatic nitrogens is 2. The Morgan fingerprint density at radius 2 is 2.10 bits per heavy atom. The zero-order chi connectivity index (χ0) is 14.8. The van der Waals surface area contributed by atoms with Gasteiger partial charge in [-0.1, -0.05) is 6.42 Å². The first kappa shape index (κ1) is 13.7. The number of nitro benzene ring substituents is 1. The Labute approximate surface area is 120 Å². The van der Waals surface area contributed by atoms with Gasteiger partial charge in [0.2, 0.25) is 5.52 Å². The van der Waals surface area contributed by atoms with Gasteiger partial charge in [-0.05, 0) is 42.2 Å². The Kier molecular flexibility index (Phi) is 3.70. The molecule has 0 aliphatic heterocycles. The van der Waals surface area contributed by atoms with E-state index in [2.05, 4.69) is 14.9 Å². The van der Waals surface area contributed by atoms with Crippen LogP contribution in [0.5, 0.6) is 5.75 Å². The molecule has 1 aliphatic carbocycles. The van der Waals surface area contributed by atoms with Crippen molar-refractivity contribution in [2.24, 2.45) is 11.7 Å². The first-order chi connectivity index (χ1) is 10.2. The predicted molar refractivity (Wildman–Crippen MR) is 73.9 cm³/mol. The van der Waals surface area contributed by atoms with Gasteiger partial charge in [0.25, 0.3) is 0 Å². The molecule has 1 aliphatic rings. The molecule has 8 heteroatoms. The van der Waals surface area contributed by atoms with Crippen molar-refractivity contribution < 1.29 is 14.3 Å². The Bertz CT molecular complexity index is 657. The molecule has 1 saturated carbocycles. The molecule has 0 radical (unpaired) electrons. The van der Waals surface area contributed by atoms with E-state index >= 15 is 0 Å². The molecule has 1 heterocycles. The molecular formula is C13H16N4O4. The van der Waals surface area contributed by atoms with Gasteiger partial charge in [0.05, 0.1) is 4.92 Å². The van der Waals surface area contributed by atoms with Gasteiger partial charge in [-0.25, -0.2) is 4.63 Å². The molecular weight excluding hydrogens is 276 g/mol. The standard InChI is InChI=1S/C13H16N4O4/c14-7-8-3-1-2-4-10(8)20-11-6-5-9(17(18)19)12-13(11)16-21-15-12/h5-6,8,10H,1-4,7,14H2. The van der Waals surface area contributed by atoms with Gasteiger partial charge in [0.15, 0.2) is 11.3 Å². The average Bonchev–Trinajstić information content (AvgIpc) is 2.97. The zero-order valence-electron chi connectivity index (χ0n) is 11.4. The van der Waals surface area contributed by atoms with E-state index in [-0.39, 0.29) is 22.8 Å². The van der Waals surface area contributed by atoms with Crippen molar-refractivity contribution >= 4 is 16.7 Å². The Morgan fingerprint density at radius 3 is 2.86 bits per heavy atom. The predicted octanol–water partition coefficient (Wildman–Crippen LogP) is 2.03. The maximum atomic E-state index is 11.0. The van der Waals surface area contributed by atoms with Crippen molar-refractivity contribution in [3.8, 4) is 5.75 Å². The first-order valence-corrected chi connectivity index (χ1v) is 6.97. The van der Waals surface area contributed by atoms with Gasteiger partial charge >= 0.3 is 5.69 Å². The summed E-state index contributed by atoms with van der Waals surface area (Å²) < 4.78 is 10.6. The van der Waals surface area contributed by atoms with E-state index in [1.807, 2.05) is 0 Å². The summed E-state index contributed by atoms with van der Waals surface area (Å²) in [5, 5.41) is 18.3. The maximum Gasteiger partial charge on any atom is 0.301 e. The van der Waals surface area contributed by atoms with E-state index < -0.39 is 4.92 Å². The Balaban J connectivity index is 1.92. The largest absolute Gasteiger partial charge is 0.488 e. The van der Waals surface area contributed by atoms with E-state index in [9.17, 15) is 10.1 Å². The minimum atomic E-state index is -0.514. The summed E-state index contributed by atoms with van der Waals surface area (Å²) in [7, 11) is 0. The lowest BCUT2D eigenvalue weighted by molar-refractivity contribution is -0.383. The average molecular weight is 292 g/mol. The number of hydrogen-bond donors (Lipinski definition) is 1. The molecule has 0 bridgehead atoms. The fourth-order valence-electron chi connectivity index (χ4n) is 2.83. The SMILES string of the molecule is NCC1CCCCC1Oc1ccc([N+](=O)[O-])c2nonc12. The van der Waals surface area contributed by atoms with Crippen LogP contribution < -0.4 is 10.5 Å². The molecule has 2 N–H and O–H groups in total. The van der Waals surface area contributed by atoms with Crippen LogP contribution in [-0.4, -0.2) is 27.9 Å². The number of ether oxygens (including phenoxy) is 1. The van der Waals surface area contributed by atoms with Gasteiger partial charge in [-0.2, -0.15) is 0 Å². The van der Waals surface area contributed by atoms with Crippen LogP contribution >= 0.6 is 0 Å². The van der Waals surface area contributed by atoms with E-state index in [0.717, 1.165) is 25.7 Å². The molecule has 1 fully saturated rings. The normalized spacial score (nSPS) is 22.3. The van der Waals surface area contributed by atoms with Crippen molar-refractivity contribution in [1.29, 1.82) is 0 Å². The zero-order valence-corrected chi connectivity index (χ0v) is 11.4. The molecule has 3 rings (SSSR count). The molecule has 1 aromatic heterocycles. The Morgan fingerprint density at radius 1 is 1.33 bits per heavy atom. The quantitative estimate of drug-likeness (QED) is 0.676. The highest BCUT2D eigenvalue weighted by Gasteiger charge is 2.28. The summed E-state index contributed by atoms with van der Waals surface area (Å²) >= 11 is 0. The highest BCUT2D eigenvalue weighted by Crippen LogP contribution is 2.34. The highest BCUT2D eigenvalue weighted by molar-refractivity contribution is 5.88. The second-order valence-electron chi connectivity index (χ2n) is 5.24. The van der Waals surface area contributed by atoms with Crippen LogP contribution in [0.1, 0.15) is 25.7 Å². The second kappa shape index (κ2) is 5.65. The maximum absolute atomic E-state index is 11.0. The van der Waals surface area contributed by atoms with Gasteiger partial charge in [0.1, 0.15) is 6.10 Å². The summed E-state index contributed by atoms with van der Waals surface area (Å²) in [5.41, 5.74) is 6.04.